The molecule has 0 bridgehead atoms. The lowest BCUT2D eigenvalue weighted by Gasteiger charge is -2.15. The fourth-order valence-electron chi connectivity index (χ4n) is 1.30. The van der Waals surface area contributed by atoms with E-state index in [0.29, 0.717) is 6.04 Å². The Kier molecular flexibility index (Phi) is 2.05. The molecule has 0 saturated carbocycles. The molecule has 1 fully saturated rings. The molecule has 3 nitrogen and oxygen atoms in total. The number of methoxy groups -OCH3 is 1. The van der Waals surface area contributed by atoms with Gasteiger partial charge in [-0.05, 0) is 6.92 Å². The minimum atomic E-state index is 0.171. The fraction of sp³-hybridized carbons (Fsp3) is 1.00. The van der Waals surface area contributed by atoms with Gasteiger partial charge in [0.05, 0.1) is 6.10 Å². The van der Waals surface area contributed by atoms with Gasteiger partial charge in [0.15, 0.2) is 0 Å². The van der Waals surface area contributed by atoms with Crippen molar-refractivity contribution in [1.29, 1.82) is 0 Å². The highest BCUT2D eigenvalue weighted by Crippen LogP contribution is 2.07. The van der Waals surface area contributed by atoms with E-state index in [-0.39, 0.29) is 12.1 Å². The van der Waals surface area contributed by atoms with Crippen LogP contribution in [0.2, 0.25) is 0 Å². The summed E-state index contributed by atoms with van der Waals surface area (Å²) >= 11 is 0. The van der Waals surface area contributed by atoms with Crippen molar-refractivity contribution < 1.29 is 4.74 Å². The van der Waals surface area contributed by atoms with Crippen molar-refractivity contribution in [2.75, 3.05) is 13.7 Å². The van der Waals surface area contributed by atoms with E-state index in [9.17, 15) is 0 Å². The molecule has 9 heavy (non-hydrogen) atoms. The van der Waals surface area contributed by atoms with E-state index >= 15 is 0 Å². The standard InChI is InChI=1S/C6H14N2O/c1-4-6(9-2)5(7)3-8-4/h4-6,8H,3,7H2,1-2H3/t4-,5+,6+/m0/s1. The number of nitrogens with two attached hydrogens (primary N) is 1. The van der Waals surface area contributed by atoms with Gasteiger partial charge in [0, 0.05) is 25.7 Å². The molecule has 1 aliphatic rings. The first-order valence-electron chi connectivity index (χ1n) is 3.27. The molecule has 54 valence electrons. The van der Waals surface area contributed by atoms with Crippen molar-refractivity contribution in [3.05, 3.63) is 0 Å². The van der Waals surface area contributed by atoms with E-state index in [1.165, 1.54) is 0 Å². The first-order chi connectivity index (χ1) is 4.25. The number of ether oxygens (including phenoxy) is 1. The van der Waals surface area contributed by atoms with Crippen LogP contribution in [0.25, 0.3) is 0 Å². The predicted molar refractivity (Wildman–Crippen MR) is 36.2 cm³/mol. The quantitative estimate of drug-likeness (QED) is 0.494. The zero-order valence-corrected chi connectivity index (χ0v) is 5.92. The molecule has 1 heterocycles. The maximum atomic E-state index is 5.69. The van der Waals surface area contributed by atoms with Gasteiger partial charge in [0.2, 0.25) is 0 Å². The average Bonchev–Trinajstić information content (AvgIpc) is 2.12. The highest BCUT2D eigenvalue weighted by atomic mass is 16.5. The van der Waals surface area contributed by atoms with Crippen LogP contribution in [-0.2, 0) is 4.74 Å². The summed E-state index contributed by atoms with van der Waals surface area (Å²) in [6, 6.07) is 0.579. The van der Waals surface area contributed by atoms with E-state index in [1.54, 1.807) is 7.11 Å². The molecule has 3 N–H and O–H groups in total. The largest absolute Gasteiger partial charge is 0.378 e. The van der Waals surface area contributed by atoms with Gasteiger partial charge < -0.3 is 15.8 Å². The Morgan fingerprint density at radius 1 is 1.67 bits per heavy atom. The van der Waals surface area contributed by atoms with Crippen LogP contribution in [0.5, 0.6) is 0 Å². The van der Waals surface area contributed by atoms with Gasteiger partial charge in [-0.15, -0.1) is 0 Å². The number of nitrogens with one attached hydrogen (secondary N) is 1. The number of hydrogen-bond donors (Lipinski definition) is 2. The molecular weight excluding hydrogens is 116 g/mol. The van der Waals surface area contributed by atoms with Gasteiger partial charge in [-0.1, -0.05) is 0 Å². The second kappa shape index (κ2) is 2.64. The summed E-state index contributed by atoms with van der Waals surface area (Å²) in [5.74, 6) is 0. The fourth-order valence-corrected chi connectivity index (χ4v) is 1.30. The smallest absolute Gasteiger partial charge is 0.0884 e. The molecule has 0 unspecified atom stereocenters. The average molecular weight is 130 g/mol. The van der Waals surface area contributed by atoms with Gasteiger partial charge in [-0.25, -0.2) is 0 Å². The molecule has 0 spiro atoms. The van der Waals surface area contributed by atoms with Gasteiger partial charge in [0.25, 0.3) is 0 Å². The van der Waals surface area contributed by atoms with Crippen molar-refractivity contribution in [3.63, 3.8) is 0 Å². The number of rotatable bonds is 1. The van der Waals surface area contributed by atoms with Crippen molar-refractivity contribution in [2.24, 2.45) is 5.73 Å². The Bertz CT molecular complexity index is 87.1. The topological polar surface area (TPSA) is 47.3 Å². The Hall–Kier alpha value is -0.120. The molecule has 3 heteroatoms. The van der Waals surface area contributed by atoms with Crippen LogP contribution in [0.4, 0.5) is 0 Å². The summed E-state index contributed by atoms with van der Waals surface area (Å²) < 4.78 is 5.15. The summed E-state index contributed by atoms with van der Waals surface area (Å²) in [7, 11) is 1.70. The zero-order valence-electron chi connectivity index (χ0n) is 5.92. The molecule has 0 radical (unpaired) electrons. The van der Waals surface area contributed by atoms with Crippen molar-refractivity contribution in [1.82, 2.24) is 5.32 Å². The van der Waals surface area contributed by atoms with Crippen molar-refractivity contribution >= 4 is 0 Å². The lowest BCUT2D eigenvalue weighted by Crippen LogP contribution is -2.37. The first kappa shape index (κ1) is 6.99. The maximum Gasteiger partial charge on any atom is 0.0884 e. The van der Waals surface area contributed by atoms with Crippen LogP contribution in [-0.4, -0.2) is 31.8 Å². The Morgan fingerprint density at radius 2 is 2.33 bits per heavy atom. The molecule has 3 atom stereocenters. The molecule has 1 aliphatic heterocycles. The van der Waals surface area contributed by atoms with Gasteiger partial charge in [-0.2, -0.15) is 0 Å². The third-order valence-electron chi connectivity index (χ3n) is 1.86. The first-order valence-corrected chi connectivity index (χ1v) is 3.27. The highest BCUT2D eigenvalue weighted by molar-refractivity contribution is 4.91. The minimum absolute atomic E-state index is 0.171. The summed E-state index contributed by atoms with van der Waals surface area (Å²) in [5, 5.41) is 3.22. The Balaban J connectivity index is 2.44. The molecule has 0 aromatic heterocycles. The minimum Gasteiger partial charge on any atom is -0.378 e. The third-order valence-corrected chi connectivity index (χ3v) is 1.86. The van der Waals surface area contributed by atoms with E-state index in [2.05, 4.69) is 12.2 Å². The lowest BCUT2D eigenvalue weighted by atomic mass is 10.1. The van der Waals surface area contributed by atoms with Gasteiger partial charge in [-0.3, -0.25) is 0 Å². The molecule has 1 saturated heterocycles. The van der Waals surface area contributed by atoms with Crippen LogP contribution in [0.15, 0.2) is 0 Å². The second-order valence-corrected chi connectivity index (χ2v) is 2.56. The van der Waals surface area contributed by atoms with Crippen LogP contribution in [0.3, 0.4) is 0 Å². The third kappa shape index (κ3) is 1.23. The van der Waals surface area contributed by atoms with E-state index < -0.39 is 0 Å². The molecule has 0 amide bonds. The maximum absolute atomic E-state index is 5.69. The monoisotopic (exact) mass is 130 g/mol. The molecule has 0 aromatic rings. The molecule has 0 aliphatic carbocycles. The van der Waals surface area contributed by atoms with Crippen LogP contribution in [0, 0.1) is 0 Å². The lowest BCUT2D eigenvalue weighted by molar-refractivity contribution is 0.0852. The summed E-state index contributed by atoms with van der Waals surface area (Å²) in [6.45, 7) is 2.96. The molecule has 0 aromatic carbocycles. The molecule has 1 rings (SSSR count). The van der Waals surface area contributed by atoms with E-state index in [1.807, 2.05) is 0 Å². The van der Waals surface area contributed by atoms with Crippen molar-refractivity contribution in [3.8, 4) is 0 Å². The second-order valence-electron chi connectivity index (χ2n) is 2.56. The van der Waals surface area contributed by atoms with E-state index in [4.69, 9.17) is 10.5 Å². The normalized spacial score (nSPS) is 43.7. The number of hydrogen-bond acceptors (Lipinski definition) is 3. The van der Waals surface area contributed by atoms with Gasteiger partial charge in [0.1, 0.15) is 0 Å². The summed E-state index contributed by atoms with van der Waals surface area (Å²) in [5.41, 5.74) is 5.69. The van der Waals surface area contributed by atoms with Crippen molar-refractivity contribution in [2.45, 2.75) is 25.1 Å². The van der Waals surface area contributed by atoms with Crippen LogP contribution in [0.1, 0.15) is 6.92 Å². The Labute approximate surface area is 55.6 Å². The highest BCUT2D eigenvalue weighted by Gasteiger charge is 2.29. The predicted octanol–water partition coefficient (Wildman–Crippen LogP) is -0.680. The zero-order chi connectivity index (χ0) is 6.85. The van der Waals surface area contributed by atoms with E-state index in [0.717, 1.165) is 6.54 Å². The van der Waals surface area contributed by atoms with Gasteiger partial charge >= 0.3 is 0 Å². The molecular formula is C6H14N2O. The summed E-state index contributed by atoms with van der Waals surface area (Å²) in [6.07, 6.45) is 0.199. The summed E-state index contributed by atoms with van der Waals surface area (Å²) in [4.78, 5) is 0. The Morgan fingerprint density at radius 3 is 2.56 bits per heavy atom. The van der Waals surface area contributed by atoms with Crippen LogP contribution < -0.4 is 11.1 Å². The SMILES string of the molecule is CO[C@H]1[C@H](N)CN[C@H]1C. The van der Waals surface area contributed by atoms with Crippen LogP contribution >= 0.6 is 0 Å².